The third-order valence-corrected chi connectivity index (χ3v) is 7.03. The van der Waals surface area contributed by atoms with Gasteiger partial charge in [0.1, 0.15) is 5.78 Å². The number of rotatable bonds is 7. The van der Waals surface area contributed by atoms with Crippen molar-refractivity contribution < 1.29 is 23.5 Å². The van der Waals surface area contributed by atoms with Crippen molar-refractivity contribution in [1.82, 2.24) is 0 Å². The molecular formula is C12H18Br2NO5P. The van der Waals surface area contributed by atoms with Crippen LogP contribution in [0.5, 0.6) is 11.5 Å². The van der Waals surface area contributed by atoms with Crippen LogP contribution < -0.4 is 10.5 Å². The molecule has 1 atom stereocenters. The maximum absolute atomic E-state index is 12.8. The molecule has 1 aromatic carbocycles. The highest BCUT2D eigenvalue weighted by Crippen LogP contribution is 2.60. The van der Waals surface area contributed by atoms with Gasteiger partial charge >= 0.3 is 7.60 Å². The van der Waals surface area contributed by atoms with Crippen LogP contribution in [0.25, 0.3) is 0 Å². The molecule has 0 heterocycles. The smallest absolute Gasteiger partial charge is 0.351 e. The van der Waals surface area contributed by atoms with Gasteiger partial charge in [0.2, 0.25) is 0 Å². The number of hydrogen-bond acceptors (Lipinski definition) is 6. The van der Waals surface area contributed by atoms with Crippen LogP contribution >= 0.6 is 39.5 Å². The molecule has 0 fully saturated rings. The molecule has 0 unspecified atom stereocenters. The van der Waals surface area contributed by atoms with E-state index in [9.17, 15) is 9.67 Å². The van der Waals surface area contributed by atoms with E-state index in [2.05, 4.69) is 31.9 Å². The lowest BCUT2D eigenvalue weighted by Crippen LogP contribution is -2.16. The summed E-state index contributed by atoms with van der Waals surface area (Å²) in [5.74, 6) is -0.893. The third-order valence-electron chi connectivity index (χ3n) is 2.67. The average molecular weight is 447 g/mol. The molecule has 1 rings (SSSR count). The van der Waals surface area contributed by atoms with Crippen molar-refractivity contribution in [1.29, 1.82) is 0 Å². The Kier molecular flexibility index (Phi) is 7.16. The van der Waals surface area contributed by atoms with Gasteiger partial charge in [-0.3, -0.25) is 4.57 Å². The van der Waals surface area contributed by atoms with Gasteiger partial charge in [-0.05, 0) is 51.8 Å². The van der Waals surface area contributed by atoms with Gasteiger partial charge in [0.15, 0.2) is 11.5 Å². The maximum atomic E-state index is 12.8. The van der Waals surface area contributed by atoms with E-state index >= 15 is 0 Å². The Bertz CT molecular complexity index is 545. The Morgan fingerprint density at radius 1 is 1.29 bits per heavy atom. The number of halogens is 2. The highest BCUT2D eigenvalue weighted by molar-refractivity contribution is 9.13. The summed E-state index contributed by atoms with van der Waals surface area (Å²) in [4.78, 5) is 0. The van der Waals surface area contributed by atoms with Gasteiger partial charge in [0, 0.05) is 10.0 Å². The molecule has 6 nitrogen and oxygen atoms in total. The number of methoxy groups -OCH3 is 1. The molecule has 0 saturated carbocycles. The van der Waals surface area contributed by atoms with E-state index in [1.807, 2.05) is 0 Å². The number of benzene rings is 1. The fourth-order valence-corrected chi connectivity index (χ4v) is 4.52. The second-order valence-corrected chi connectivity index (χ2v) is 7.70. The highest BCUT2D eigenvalue weighted by Gasteiger charge is 2.36. The summed E-state index contributed by atoms with van der Waals surface area (Å²) < 4.78 is 29.2. The molecule has 0 saturated heterocycles. The lowest BCUT2D eigenvalue weighted by Gasteiger charge is -2.25. The second kappa shape index (κ2) is 7.94. The highest BCUT2D eigenvalue weighted by atomic mass is 79.9. The van der Waals surface area contributed by atoms with E-state index < -0.39 is 13.4 Å². The summed E-state index contributed by atoms with van der Waals surface area (Å²) in [6.45, 7) is 3.83. The van der Waals surface area contributed by atoms with E-state index in [4.69, 9.17) is 19.5 Å². The van der Waals surface area contributed by atoms with Crippen LogP contribution in [-0.2, 0) is 13.6 Å². The zero-order valence-corrected chi connectivity index (χ0v) is 16.0. The van der Waals surface area contributed by atoms with Crippen molar-refractivity contribution in [3.05, 3.63) is 20.6 Å². The Hall–Kier alpha value is -0.110. The molecule has 120 valence electrons. The van der Waals surface area contributed by atoms with Crippen LogP contribution in [0.15, 0.2) is 15.0 Å². The molecule has 0 spiro atoms. The summed E-state index contributed by atoms with van der Waals surface area (Å²) in [7, 11) is -2.12. The van der Waals surface area contributed by atoms with E-state index in [0.29, 0.717) is 14.5 Å². The standard InChI is InChI=1S/C12H18Br2NO5P/c1-4-19-21(17,20-5-2)12(15)7-6-8(18-3)11(16)10(14)9(7)13/h6,12,16H,4-5,15H2,1-3H3/t12-/m1/s1. The molecule has 3 N–H and O–H groups in total. The Labute approximate surface area is 140 Å². The van der Waals surface area contributed by atoms with Crippen molar-refractivity contribution in [3.63, 3.8) is 0 Å². The zero-order chi connectivity index (χ0) is 16.2. The fraction of sp³-hybridized carbons (Fsp3) is 0.500. The minimum atomic E-state index is -3.53. The molecule has 0 amide bonds. The van der Waals surface area contributed by atoms with Crippen LogP contribution in [-0.4, -0.2) is 25.4 Å². The first-order valence-corrected chi connectivity index (χ1v) is 9.41. The van der Waals surface area contributed by atoms with Gasteiger partial charge in [0.05, 0.1) is 24.8 Å². The van der Waals surface area contributed by atoms with Crippen LogP contribution in [0.1, 0.15) is 25.2 Å². The monoisotopic (exact) mass is 445 g/mol. The molecule has 1 aromatic rings. The van der Waals surface area contributed by atoms with Crippen LogP contribution in [0, 0.1) is 0 Å². The number of phenolic OH excluding ortho intramolecular Hbond substituents is 1. The average Bonchev–Trinajstić information content (AvgIpc) is 2.45. The molecule has 0 aliphatic rings. The minimum Gasteiger partial charge on any atom is -0.503 e. The molecule has 0 radical (unpaired) electrons. The second-order valence-electron chi connectivity index (χ2n) is 3.96. The SMILES string of the molecule is CCOP(=O)(OCC)[C@@H](N)c1cc(OC)c(O)c(Br)c1Br. The van der Waals surface area contributed by atoms with Crippen molar-refractivity contribution in [2.24, 2.45) is 5.73 Å². The molecule has 9 heteroatoms. The van der Waals surface area contributed by atoms with Crippen molar-refractivity contribution in [3.8, 4) is 11.5 Å². The Balaban J connectivity index is 3.37. The zero-order valence-electron chi connectivity index (χ0n) is 11.9. The van der Waals surface area contributed by atoms with Crippen LogP contribution in [0.3, 0.4) is 0 Å². The summed E-state index contributed by atoms with van der Waals surface area (Å²) in [5.41, 5.74) is 6.53. The predicted molar refractivity (Wildman–Crippen MR) is 87.8 cm³/mol. The molecule has 21 heavy (non-hydrogen) atoms. The summed E-state index contributed by atoms with van der Waals surface area (Å²) >= 11 is 6.55. The third kappa shape index (κ3) is 4.00. The maximum Gasteiger partial charge on any atom is 0.351 e. The lowest BCUT2D eigenvalue weighted by molar-refractivity contribution is 0.212. The number of nitrogens with two attached hydrogens (primary N) is 1. The number of ether oxygens (including phenoxy) is 1. The van der Waals surface area contributed by atoms with Gasteiger partial charge in [-0.25, -0.2) is 0 Å². The van der Waals surface area contributed by atoms with Gasteiger partial charge in [-0.2, -0.15) is 0 Å². The van der Waals surface area contributed by atoms with Crippen molar-refractivity contribution in [2.75, 3.05) is 20.3 Å². The molecule has 0 aliphatic carbocycles. The van der Waals surface area contributed by atoms with Crippen molar-refractivity contribution >= 4 is 39.5 Å². The fourth-order valence-electron chi connectivity index (χ4n) is 1.71. The number of hydrogen-bond donors (Lipinski definition) is 2. The van der Waals surface area contributed by atoms with Gasteiger partial charge in [-0.1, -0.05) is 0 Å². The molecule has 0 aliphatic heterocycles. The Morgan fingerprint density at radius 2 is 1.81 bits per heavy atom. The quantitative estimate of drug-likeness (QED) is 0.611. The van der Waals surface area contributed by atoms with E-state index in [-0.39, 0.29) is 24.7 Å². The predicted octanol–water partition coefficient (Wildman–Crippen LogP) is 4.15. The van der Waals surface area contributed by atoms with Gasteiger partial charge < -0.3 is 24.6 Å². The largest absolute Gasteiger partial charge is 0.503 e. The van der Waals surface area contributed by atoms with Crippen molar-refractivity contribution in [2.45, 2.75) is 19.6 Å². The topological polar surface area (TPSA) is 91.0 Å². The first kappa shape index (κ1) is 18.9. The normalized spacial score (nSPS) is 13.2. The van der Waals surface area contributed by atoms with Gasteiger partial charge in [0.25, 0.3) is 0 Å². The van der Waals surface area contributed by atoms with E-state index in [1.54, 1.807) is 13.8 Å². The number of phenols is 1. The van der Waals surface area contributed by atoms with Crippen LogP contribution in [0.2, 0.25) is 0 Å². The summed E-state index contributed by atoms with van der Waals surface area (Å²) in [6, 6.07) is 1.50. The number of aromatic hydroxyl groups is 1. The van der Waals surface area contributed by atoms with E-state index in [0.717, 1.165) is 0 Å². The van der Waals surface area contributed by atoms with Crippen LogP contribution in [0.4, 0.5) is 0 Å². The van der Waals surface area contributed by atoms with E-state index in [1.165, 1.54) is 13.2 Å². The first-order chi connectivity index (χ1) is 9.82. The first-order valence-electron chi connectivity index (χ1n) is 6.21. The summed E-state index contributed by atoms with van der Waals surface area (Å²) in [6.07, 6.45) is 0. The minimum absolute atomic E-state index is 0.0806. The summed E-state index contributed by atoms with van der Waals surface area (Å²) in [5, 5.41) is 9.92. The van der Waals surface area contributed by atoms with Gasteiger partial charge in [-0.15, -0.1) is 0 Å². The lowest BCUT2D eigenvalue weighted by atomic mass is 10.2. The molecule has 0 bridgehead atoms. The molecular weight excluding hydrogens is 429 g/mol. The Morgan fingerprint density at radius 3 is 2.24 bits per heavy atom. The molecule has 0 aromatic heterocycles.